The molecule has 2 N–H and O–H groups in total. The van der Waals surface area contributed by atoms with E-state index in [4.69, 9.17) is 5.73 Å². The van der Waals surface area contributed by atoms with E-state index < -0.39 is 0 Å². The smallest absolute Gasteiger partial charge is 0.161 e. The lowest BCUT2D eigenvalue weighted by Crippen LogP contribution is -2.16. The maximum atomic E-state index is 11.5. The Morgan fingerprint density at radius 3 is 2.78 bits per heavy atom. The van der Waals surface area contributed by atoms with Crippen molar-refractivity contribution in [3.63, 3.8) is 0 Å². The van der Waals surface area contributed by atoms with E-state index in [9.17, 15) is 4.79 Å². The number of nitrogens with two attached hydrogens (primary N) is 1. The van der Waals surface area contributed by atoms with E-state index >= 15 is 0 Å². The monoisotopic (exact) mass is 260 g/mol. The van der Waals surface area contributed by atoms with Gasteiger partial charge in [0, 0.05) is 30.5 Å². The molecule has 0 fully saturated rings. The van der Waals surface area contributed by atoms with Crippen LogP contribution in [0.2, 0.25) is 0 Å². The summed E-state index contributed by atoms with van der Waals surface area (Å²) in [6, 6.07) is 7.68. The average Bonchev–Trinajstić information content (AvgIpc) is 2.81. The molecule has 0 bridgehead atoms. The van der Waals surface area contributed by atoms with Crippen molar-refractivity contribution in [3.8, 4) is 0 Å². The van der Waals surface area contributed by atoms with Crippen LogP contribution in [-0.4, -0.2) is 12.8 Å². The zero-order valence-electron chi connectivity index (χ0n) is 10.5. The molecule has 0 aliphatic rings. The van der Waals surface area contributed by atoms with E-state index in [1.165, 1.54) is 12.5 Å². The standard InChI is InChI=1S/C14H16N2OS/c1-10(17)13-7-12(3-4-14(13)15)16(2)8-11-5-6-18-9-11/h3-7,9H,8,15H2,1-2H3. The molecular formula is C14H16N2OS. The summed E-state index contributed by atoms with van der Waals surface area (Å²) in [5.41, 5.74) is 9.18. The van der Waals surface area contributed by atoms with Crippen molar-refractivity contribution in [2.45, 2.75) is 13.5 Å². The molecule has 0 saturated heterocycles. The first-order valence-corrected chi connectivity index (χ1v) is 6.65. The number of benzene rings is 1. The number of carbonyl (C=O) groups is 1. The van der Waals surface area contributed by atoms with Gasteiger partial charge in [0.25, 0.3) is 0 Å². The Bertz CT molecular complexity index is 549. The third-order valence-electron chi connectivity index (χ3n) is 2.86. The van der Waals surface area contributed by atoms with Crippen LogP contribution in [0.5, 0.6) is 0 Å². The minimum atomic E-state index is -0.00159. The molecule has 1 heterocycles. The summed E-state index contributed by atoms with van der Waals surface area (Å²) in [6.07, 6.45) is 0. The normalized spacial score (nSPS) is 10.3. The van der Waals surface area contributed by atoms with Gasteiger partial charge in [-0.1, -0.05) is 0 Å². The second kappa shape index (κ2) is 5.23. The Hall–Kier alpha value is -1.81. The number of thiophene rings is 1. The largest absolute Gasteiger partial charge is 0.398 e. The van der Waals surface area contributed by atoms with Crippen molar-refractivity contribution >= 4 is 28.5 Å². The number of Topliss-reactive ketones (excluding diaryl/α,β-unsaturated/α-hetero) is 1. The summed E-state index contributed by atoms with van der Waals surface area (Å²) in [7, 11) is 2.01. The zero-order chi connectivity index (χ0) is 13.1. The predicted molar refractivity (Wildman–Crippen MR) is 77.3 cm³/mol. The molecule has 3 nitrogen and oxygen atoms in total. The lowest BCUT2D eigenvalue weighted by Gasteiger charge is -2.19. The maximum absolute atomic E-state index is 11.5. The van der Waals surface area contributed by atoms with Crippen LogP contribution in [0.4, 0.5) is 11.4 Å². The van der Waals surface area contributed by atoms with Gasteiger partial charge in [-0.2, -0.15) is 11.3 Å². The molecule has 0 aliphatic heterocycles. The van der Waals surface area contributed by atoms with Crippen LogP contribution in [-0.2, 0) is 6.54 Å². The van der Waals surface area contributed by atoms with Crippen molar-refractivity contribution in [1.29, 1.82) is 0 Å². The van der Waals surface area contributed by atoms with Crippen molar-refractivity contribution < 1.29 is 4.79 Å². The summed E-state index contributed by atoms with van der Waals surface area (Å²) in [5, 5.41) is 4.19. The molecule has 1 aromatic carbocycles. The number of nitrogen functional groups attached to an aromatic ring is 1. The van der Waals surface area contributed by atoms with E-state index in [0.717, 1.165) is 12.2 Å². The highest BCUT2D eigenvalue weighted by atomic mass is 32.1. The Morgan fingerprint density at radius 1 is 1.39 bits per heavy atom. The number of nitrogens with zero attached hydrogens (tertiary/aromatic N) is 1. The molecular weight excluding hydrogens is 244 g/mol. The number of anilines is 2. The van der Waals surface area contributed by atoms with Gasteiger partial charge in [-0.3, -0.25) is 4.79 Å². The second-order valence-electron chi connectivity index (χ2n) is 4.32. The molecule has 0 amide bonds. The van der Waals surface area contributed by atoms with Crippen LogP contribution in [0.15, 0.2) is 35.0 Å². The number of hydrogen-bond donors (Lipinski definition) is 1. The van der Waals surface area contributed by atoms with Crippen LogP contribution in [0.1, 0.15) is 22.8 Å². The van der Waals surface area contributed by atoms with Gasteiger partial charge in [0.1, 0.15) is 0 Å². The van der Waals surface area contributed by atoms with E-state index in [0.29, 0.717) is 11.3 Å². The SMILES string of the molecule is CC(=O)c1cc(N(C)Cc2ccsc2)ccc1N. The molecule has 0 aliphatic carbocycles. The number of hydrogen-bond acceptors (Lipinski definition) is 4. The quantitative estimate of drug-likeness (QED) is 0.678. The Balaban J connectivity index is 2.22. The van der Waals surface area contributed by atoms with Gasteiger partial charge in [0.15, 0.2) is 5.78 Å². The van der Waals surface area contributed by atoms with Gasteiger partial charge < -0.3 is 10.6 Å². The Morgan fingerprint density at radius 2 is 2.17 bits per heavy atom. The molecule has 2 rings (SSSR count). The summed E-state index contributed by atoms with van der Waals surface area (Å²) >= 11 is 1.69. The molecule has 0 saturated carbocycles. The highest BCUT2D eigenvalue weighted by molar-refractivity contribution is 7.07. The minimum Gasteiger partial charge on any atom is -0.398 e. The van der Waals surface area contributed by atoms with Crippen molar-refractivity contribution in [1.82, 2.24) is 0 Å². The van der Waals surface area contributed by atoms with Gasteiger partial charge in [0.2, 0.25) is 0 Å². The van der Waals surface area contributed by atoms with Crippen LogP contribution in [0.25, 0.3) is 0 Å². The Labute approximate surface area is 111 Å². The minimum absolute atomic E-state index is 0.00159. The van der Waals surface area contributed by atoms with E-state index in [2.05, 4.69) is 21.7 Å². The lowest BCUT2D eigenvalue weighted by atomic mass is 10.1. The summed E-state index contributed by atoms with van der Waals surface area (Å²) in [5.74, 6) is -0.00159. The molecule has 0 atom stereocenters. The number of ketones is 1. The molecule has 4 heteroatoms. The first-order chi connectivity index (χ1) is 8.58. The predicted octanol–water partition coefficient (Wildman–Crippen LogP) is 3.17. The number of carbonyl (C=O) groups excluding carboxylic acids is 1. The fourth-order valence-electron chi connectivity index (χ4n) is 1.83. The lowest BCUT2D eigenvalue weighted by molar-refractivity contribution is 0.101. The molecule has 0 radical (unpaired) electrons. The van der Waals surface area contributed by atoms with Gasteiger partial charge >= 0.3 is 0 Å². The Kier molecular flexibility index (Phi) is 3.67. The van der Waals surface area contributed by atoms with Crippen LogP contribution >= 0.6 is 11.3 Å². The van der Waals surface area contributed by atoms with Gasteiger partial charge in [-0.15, -0.1) is 0 Å². The molecule has 0 unspecified atom stereocenters. The maximum Gasteiger partial charge on any atom is 0.161 e. The summed E-state index contributed by atoms with van der Waals surface area (Å²) in [6.45, 7) is 2.36. The molecule has 2 aromatic rings. The van der Waals surface area contributed by atoms with Gasteiger partial charge in [0.05, 0.1) is 0 Å². The topological polar surface area (TPSA) is 46.3 Å². The molecule has 94 valence electrons. The number of rotatable bonds is 4. The highest BCUT2D eigenvalue weighted by Gasteiger charge is 2.09. The van der Waals surface area contributed by atoms with Crippen molar-refractivity contribution in [2.24, 2.45) is 0 Å². The molecule has 0 spiro atoms. The van der Waals surface area contributed by atoms with E-state index in [1.807, 2.05) is 19.2 Å². The zero-order valence-corrected chi connectivity index (χ0v) is 11.3. The van der Waals surface area contributed by atoms with Crippen LogP contribution in [0, 0.1) is 0 Å². The average molecular weight is 260 g/mol. The van der Waals surface area contributed by atoms with Gasteiger partial charge in [-0.05, 0) is 47.5 Å². The van der Waals surface area contributed by atoms with E-state index in [1.54, 1.807) is 17.4 Å². The first kappa shape index (κ1) is 12.6. The second-order valence-corrected chi connectivity index (χ2v) is 5.10. The van der Waals surface area contributed by atoms with Crippen molar-refractivity contribution in [2.75, 3.05) is 17.7 Å². The fourth-order valence-corrected chi connectivity index (χ4v) is 2.49. The summed E-state index contributed by atoms with van der Waals surface area (Å²) < 4.78 is 0. The molecule has 18 heavy (non-hydrogen) atoms. The van der Waals surface area contributed by atoms with Crippen LogP contribution < -0.4 is 10.6 Å². The molecule has 1 aromatic heterocycles. The third-order valence-corrected chi connectivity index (χ3v) is 3.59. The van der Waals surface area contributed by atoms with Crippen LogP contribution in [0.3, 0.4) is 0 Å². The third kappa shape index (κ3) is 2.71. The van der Waals surface area contributed by atoms with E-state index in [-0.39, 0.29) is 5.78 Å². The summed E-state index contributed by atoms with van der Waals surface area (Å²) in [4.78, 5) is 13.6. The van der Waals surface area contributed by atoms with Gasteiger partial charge in [-0.25, -0.2) is 0 Å². The highest BCUT2D eigenvalue weighted by Crippen LogP contribution is 2.22. The first-order valence-electron chi connectivity index (χ1n) is 5.70. The van der Waals surface area contributed by atoms with Crippen molar-refractivity contribution in [3.05, 3.63) is 46.2 Å². The fraction of sp³-hybridized carbons (Fsp3) is 0.214.